The third-order valence-electron chi connectivity index (χ3n) is 2.40. The van der Waals surface area contributed by atoms with E-state index in [9.17, 15) is 4.21 Å². The minimum atomic E-state index is 0.585. The minimum absolute atomic E-state index is 0.585. The topological polar surface area (TPSA) is 17.1 Å². The monoisotopic (exact) mass is 228 g/mol. The van der Waals surface area contributed by atoms with Gasteiger partial charge in [0.15, 0.2) is 0 Å². The molecule has 0 aromatic heterocycles. The van der Waals surface area contributed by atoms with Gasteiger partial charge in [-0.05, 0) is 11.1 Å². The number of hydrogen-bond acceptors (Lipinski definition) is 1. The lowest BCUT2D eigenvalue weighted by Gasteiger charge is -2.03. The van der Waals surface area contributed by atoms with Crippen LogP contribution in [-0.4, -0.2) is 9.07 Å². The summed E-state index contributed by atoms with van der Waals surface area (Å²) in [5, 5.41) is 0. The zero-order chi connectivity index (χ0) is 11.2. The first-order valence-electron chi connectivity index (χ1n) is 5.15. The van der Waals surface area contributed by atoms with Crippen LogP contribution in [0.2, 0.25) is 0 Å². The van der Waals surface area contributed by atoms with Crippen LogP contribution in [-0.2, 0) is 17.7 Å². The predicted octanol–water partition coefficient (Wildman–Crippen LogP) is 2.66. The molecule has 1 nitrogen and oxygen atoms in total. The van der Waals surface area contributed by atoms with Crippen molar-refractivity contribution in [1.29, 1.82) is 0 Å². The number of hydrogen-bond donors (Lipinski definition) is 0. The van der Waals surface area contributed by atoms with E-state index in [1.165, 1.54) is 5.56 Å². The average molecular weight is 228 g/mol. The van der Waals surface area contributed by atoms with Gasteiger partial charge in [-0.25, -0.2) is 4.21 Å². The lowest BCUT2D eigenvalue weighted by Crippen LogP contribution is -2.04. The zero-order valence-electron chi connectivity index (χ0n) is 8.80. The van der Waals surface area contributed by atoms with Crippen LogP contribution in [0.1, 0.15) is 11.1 Å². The van der Waals surface area contributed by atoms with Gasteiger partial charge in [0.2, 0.25) is 0 Å². The van der Waals surface area contributed by atoms with Crippen molar-refractivity contribution in [3.8, 4) is 0 Å². The fourth-order valence-electron chi connectivity index (χ4n) is 1.58. The van der Waals surface area contributed by atoms with Gasteiger partial charge in [0.25, 0.3) is 0 Å². The molecule has 0 N–H and O–H groups in total. The molecule has 80 valence electrons. The number of benzene rings is 2. The summed E-state index contributed by atoms with van der Waals surface area (Å²) in [5.74, 6) is 0. The SMILES string of the molecule is O=S=C(Cc1ccccc1)c1ccccc1. The Bertz CT molecular complexity index is 499. The maximum Gasteiger partial charge on any atom is 0.0930 e. The maximum absolute atomic E-state index is 11.1. The van der Waals surface area contributed by atoms with Crippen LogP contribution in [0.4, 0.5) is 0 Å². The van der Waals surface area contributed by atoms with Gasteiger partial charge in [-0.3, -0.25) is 0 Å². The normalized spacial score (nSPS) is 9.75. The van der Waals surface area contributed by atoms with Crippen molar-refractivity contribution in [2.45, 2.75) is 6.42 Å². The van der Waals surface area contributed by atoms with E-state index in [2.05, 4.69) is 0 Å². The first-order chi connectivity index (χ1) is 7.90. The van der Waals surface area contributed by atoms with Crippen molar-refractivity contribution in [3.05, 3.63) is 71.8 Å². The van der Waals surface area contributed by atoms with Crippen LogP contribution < -0.4 is 0 Å². The van der Waals surface area contributed by atoms with Crippen LogP contribution in [0.15, 0.2) is 60.7 Å². The summed E-state index contributed by atoms with van der Waals surface area (Å²) in [7, 11) is 0. The molecule has 2 aromatic carbocycles. The van der Waals surface area contributed by atoms with Crippen LogP contribution in [0.25, 0.3) is 0 Å². The summed E-state index contributed by atoms with van der Waals surface area (Å²) in [6.07, 6.45) is 0.707. The van der Waals surface area contributed by atoms with E-state index in [4.69, 9.17) is 0 Å². The molecule has 0 spiro atoms. The Morgan fingerprint density at radius 3 is 2.00 bits per heavy atom. The second-order valence-corrected chi connectivity index (χ2v) is 4.19. The molecule has 0 bridgehead atoms. The van der Waals surface area contributed by atoms with Gasteiger partial charge in [0.1, 0.15) is 0 Å². The van der Waals surface area contributed by atoms with Crippen LogP contribution in [0.3, 0.4) is 0 Å². The predicted molar refractivity (Wildman–Crippen MR) is 68.8 cm³/mol. The summed E-state index contributed by atoms with van der Waals surface area (Å²) in [6, 6.07) is 19.9. The van der Waals surface area contributed by atoms with Crippen LogP contribution >= 0.6 is 0 Å². The molecule has 0 saturated carbocycles. The van der Waals surface area contributed by atoms with Crippen molar-refractivity contribution in [3.63, 3.8) is 0 Å². The van der Waals surface area contributed by atoms with Crippen molar-refractivity contribution >= 4 is 16.1 Å². The van der Waals surface area contributed by atoms with Crippen LogP contribution in [0, 0.1) is 0 Å². The van der Waals surface area contributed by atoms with Gasteiger partial charge in [-0.15, -0.1) is 0 Å². The second kappa shape index (κ2) is 5.42. The summed E-state index contributed by atoms with van der Waals surface area (Å²) < 4.78 is 11.1. The third kappa shape index (κ3) is 2.67. The molecular weight excluding hydrogens is 216 g/mol. The standard InChI is InChI=1S/C14H12OS/c15-16-14(13-9-5-2-6-10-13)11-12-7-3-1-4-8-12/h1-10H,11H2. The molecule has 2 aromatic rings. The molecule has 0 aliphatic heterocycles. The van der Waals surface area contributed by atoms with E-state index in [-0.39, 0.29) is 0 Å². The Balaban J connectivity index is 2.24. The Labute approximate surface area is 98.8 Å². The molecule has 2 rings (SSSR count). The molecule has 0 unspecified atom stereocenters. The van der Waals surface area contributed by atoms with Crippen molar-refractivity contribution in [2.24, 2.45) is 0 Å². The van der Waals surface area contributed by atoms with Gasteiger partial charge in [-0.1, -0.05) is 60.7 Å². The summed E-state index contributed by atoms with van der Waals surface area (Å²) in [4.78, 5) is 0.867. The Kier molecular flexibility index (Phi) is 3.67. The summed E-state index contributed by atoms with van der Waals surface area (Å²) in [6.45, 7) is 0. The highest BCUT2D eigenvalue weighted by atomic mass is 32.1. The fourth-order valence-corrected chi connectivity index (χ4v) is 2.04. The molecule has 0 heterocycles. The molecule has 0 fully saturated rings. The van der Waals surface area contributed by atoms with Crippen molar-refractivity contribution in [1.82, 2.24) is 0 Å². The highest BCUT2D eigenvalue weighted by molar-refractivity contribution is 7.67. The van der Waals surface area contributed by atoms with Gasteiger partial charge in [0.05, 0.1) is 16.1 Å². The van der Waals surface area contributed by atoms with Crippen LogP contribution in [0.5, 0.6) is 0 Å². The third-order valence-corrected chi connectivity index (χ3v) is 2.99. The molecule has 16 heavy (non-hydrogen) atoms. The average Bonchev–Trinajstić information content (AvgIpc) is 2.38. The molecule has 0 aliphatic rings. The minimum Gasteiger partial charge on any atom is -0.212 e. The highest BCUT2D eigenvalue weighted by Crippen LogP contribution is 2.06. The molecular formula is C14H12OS. The van der Waals surface area contributed by atoms with E-state index in [1.54, 1.807) is 0 Å². The highest BCUT2D eigenvalue weighted by Gasteiger charge is 2.03. The van der Waals surface area contributed by atoms with Gasteiger partial charge >= 0.3 is 0 Å². The lowest BCUT2D eigenvalue weighted by atomic mass is 10.0. The smallest absolute Gasteiger partial charge is 0.0930 e. The molecule has 2 heteroatoms. The number of rotatable bonds is 3. The van der Waals surface area contributed by atoms with E-state index < -0.39 is 0 Å². The molecule has 0 saturated heterocycles. The van der Waals surface area contributed by atoms with Gasteiger partial charge in [-0.2, -0.15) is 0 Å². The molecule has 0 atom stereocenters. The van der Waals surface area contributed by atoms with Crippen molar-refractivity contribution < 1.29 is 4.21 Å². The van der Waals surface area contributed by atoms with E-state index in [0.717, 1.165) is 10.4 Å². The molecule has 0 aliphatic carbocycles. The molecule has 0 radical (unpaired) electrons. The molecule has 0 amide bonds. The van der Waals surface area contributed by atoms with E-state index in [1.807, 2.05) is 60.7 Å². The summed E-state index contributed by atoms with van der Waals surface area (Å²) in [5.41, 5.74) is 2.19. The Hall–Kier alpha value is -1.67. The van der Waals surface area contributed by atoms with E-state index >= 15 is 0 Å². The lowest BCUT2D eigenvalue weighted by molar-refractivity contribution is 0.701. The second-order valence-electron chi connectivity index (χ2n) is 3.53. The summed E-state index contributed by atoms with van der Waals surface area (Å²) >= 11 is 0.585. The van der Waals surface area contributed by atoms with Gasteiger partial charge in [0, 0.05) is 6.42 Å². The van der Waals surface area contributed by atoms with Crippen molar-refractivity contribution in [2.75, 3.05) is 0 Å². The Morgan fingerprint density at radius 1 is 0.875 bits per heavy atom. The van der Waals surface area contributed by atoms with E-state index in [0.29, 0.717) is 17.7 Å². The first-order valence-corrected chi connectivity index (χ1v) is 5.89. The van der Waals surface area contributed by atoms with Gasteiger partial charge < -0.3 is 0 Å². The largest absolute Gasteiger partial charge is 0.212 e. The fraction of sp³-hybridized carbons (Fsp3) is 0.0714. The quantitative estimate of drug-likeness (QED) is 0.583. The maximum atomic E-state index is 11.1. The zero-order valence-corrected chi connectivity index (χ0v) is 9.61. The first kappa shape index (κ1) is 10.8. The Morgan fingerprint density at radius 2 is 1.44 bits per heavy atom.